The number of nitrogens with zero attached hydrogens (tertiary/aromatic N) is 10. The molecule has 0 spiro atoms. The zero-order valence-electron chi connectivity index (χ0n) is 64.8. The average Bonchev–Trinajstić information content (AvgIpc) is 0.747. The lowest BCUT2D eigenvalue weighted by Gasteiger charge is -2.40. The normalized spacial score (nSPS) is 12.1. The summed E-state index contributed by atoms with van der Waals surface area (Å²) in [5.41, 5.74) is 37.5. The van der Waals surface area contributed by atoms with E-state index in [0.29, 0.717) is 0 Å². The predicted molar refractivity (Wildman–Crippen MR) is 521 cm³/mol. The number of fused-ring (bicyclic) bond motifs is 8. The van der Waals surface area contributed by atoms with Crippen molar-refractivity contribution in [3.8, 4) is 0 Å². The van der Waals surface area contributed by atoms with Crippen LogP contribution in [0.5, 0.6) is 0 Å². The van der Waals surface area contributed by atoms with Gasteiger partial charge in [0, 0.05) is 84.1 Å². The summed E-state index contributed by atoms with van der Waals surface area (Å²) >= 11 is 0. The first-order valence-corrected chi connectivity index (χ1v) is 39.2. The zero-order chi connectivity index (χ0) is 76.9. The molecular formula is C110H110N10. The van der Waals surface area contributed by atoms with Crippen molar-refractivity contribution >= 4 is 148 Å². The van der Waals surface area contributed by atoms with Crippen LogP contribution in [0.3, 0.4) is 0 Å². The summed E-state index contributed by atoms with van der Waals surface area (Å²) in [7, 11) is 4.30. The summed E-state index contributed by atoms with van der Waals surface area (Å²) in [5.74, 6) is 0. The van der Waals surface area contributed by atoms with Crippen LogP contribution in [-0.4, -0.2) is 14.1 Å². The summed E-state index contributed by atoms with van der Waals surface area (Å²) in [4.78, 5) is 23.7. The second-order valence-corrected chi connectivity index (χ2v) is 29.9. The van der Waals surface area contributed by atoms with Gasteiger partial charge in [-0.15, -0.1) is 0 Å². The van der Waals surface area contributed by atoms with Gasteiger partial charge in [0.25, 0.3) is 0 Å². The molecule has 0 bridgehead atoms. The third kappa shape index (κ3) is 15.4. The molecule has 16 aromatic carbocycles. The van der Waals surface area contributed by atoms with E-state index in [1.807, 2.05) is 0 Å². The van der Waals surface area contributed by atoms with E-state index in [0.717, 1.165) is 92.7 Å². The van der Waals surface area contributed by atoms with Crippen molar-refractivity contribution in [2.45, 2.75) is 85.3 Å². The molecule has 600 valence electrons. The van der Waals surface area contributed by atoms with Crippen LogP contribution < -0.4 is 49.0 Å². The number of hydrogen-bond donors (Lipinski definition) is 0. The lowest BCUT2D eigenvalue weighted by molar-refractivity contribution is 0.956. The van der Waals surface area contributed by atoms with E-state index >= 15 is 0 Å². The standard InChI is InChI=1S/2C52H43N5.6CH4/c2*1-37-20-26-40(27-21-37)55(41-28-22-38(2)23-29-41)42-32-34-44(35-33-42)57-51-18-10-6-14-47(51)54(48-15-7-11-19-52(48)57)36-39-24-30-43(31-25-39)56-49-16-8-4-12-45(49)53(3)46-13-5-9-17-50(46)56;;;;;;/h2*4-35H,36H2,1-3H3;6*1H4. The Hall–Kier alpha value is -14.5. The molecule has 4 aliphatic rings. The van der Waals surface area contributed by atoms with Crippen molar-refractivity contribution in [2.75, 3.05) is 63.1 Å². The first-order valence-electron chi connectivity index (χ1n) is 39.2. The monoisotopic (exact) mass is 1570 g/mol. The Morgan fingerprint density at radius 1 is 0.175 bits per heavy atom. The van der Waals surface area contributed by atoms with E-state index in [-0.39, 0.29) is 44.6 Å². The van der Waals surface area contributed by atoms with Crippen LogP contribution >= 0.6 is 0 Å². The maximum Gasteiger partial charge on any atom is 0.0699 e. The van der Waals surface area contributed by atoms with E-state index in [9.17, 15) is 0 Å². The topological polar surface area (TPSA) is 32.4 Å². The highest BCUT2D eigenvalue weighted by Gasteiger charge is 2.34. The third-order valence-electron chi connectivity index (χ3n) is 22.6. The first kappa shape index (κ1) is 83.5. The average molecular weight is 1570 g/mol. The summed E-state index contributed by atoms with van der Waals surface area (Å²) < 4.78 is 0. The van der Waals surface area contributed by atoms with Crippen molar-refractivity contribution in [3.63, 3.8) is 0 Å². The van der Waals surface area contributed by atoms with Gasteiger partial charge < -0.3 is 49.0 Å². The molecule has 20 rings (SSSR count). The predicted octanol–water partition coefficient (Wildman–Crippen LogP) is 32.7. The minimum absolute atomic E-state index is 0. The number of hydrogen-bond acceptors (Lipinski definition) is 10. The summed E-state index contributed by atoms with van der Waals surface area (Å²) in [6.45, 7) is 10.0. The molecule has 16 aromatic rings. The van der Waals surface area contributed by atoms with E-state index in [1.54, 1.807) is 0 Å². The molecule has 0 N–H and O–H groups in total. The van der Waals surface area contributed by atoms with Crippen molar-refractivity contribution in [3.05, 3.63) is 422 Å². The fraction of sp³-hybridized carbons (Fsp3) is 0.127. The quantitative estimate of drug-likeness (QED) is 0.105. The maximum absolute atomic E-state index is 2.46. The number of benzene rings is 16. The zero-order valence-corrected chi connectivity index (χ0v) is 64.8. The summed E-state index contributed by atoms with van der Waals surface area (Å²) in [6, 6.07) is 141. The van der Waals surface area contributed by atoms with Gasteiger partial charge in [0.2, 0.25) is 0 Å². The molecule has 10 nitrogen and oxygen atoms in total. The van der Waals surface area contributed by atoms with Crippen LogP contribution in [0.15, 0.2) is 388 Å². The Bertz CT molecular complexity index is 5510. The highest BCUT2D eigenvalue weighted by atomic mass is 15.3. The van der Waals surface area contributed by atoms with Crippen molar-refractivity contribution < 1.29 is 0 Å². The molecule has 120 heavy (non-hydrogen) atoms. The molecular weight excluding hydrogens is 1460 g/mol. The van der Waals surface area contributed by atoms with E-state index in [1.165, 1.54) is 102 Å². The fourth-order valence-corrected chi connectivity index (χ4v) is 16.8. The van der Waals surface area contributed by atoms with E-state index < -0.39 is 0 Å². The van der Waals surface area contributed by atoms with Crippen LogP contribution in [0.1, 0.15) is 77.9 Å². The maximum atomic E-state index is 2.46. The van der Waals surface area contributed by atoms with Crippen LogP contribution in [0.2, 0.25) is 0 Å². The van der Waals surface area contributed by atoms with E-state index in [4.69, 9.17) is 0 Å². The Morgan fingerprint density at radius 2 is 0.325 bits per heavy atom. The number of rotatable bonds is 14. The Kier molecular flexibility index (Phi) is 24.7. The van der Waals surface area contributed by atoms with Gasteiger partial charge >= 0.3 is 0 Å². The molecule has 4 aliphatic heterocycles. The minimum atomic E-state index is 0. The van der Waals surface area contributed by atoms with Crippen LogP contribution in [0.4, 0.5) is 148 Å². The molecule has 0 saturated carbocycles. The molecule has 0 aliphatic carbocycles. The van der Waals surface area contributed by atoms with Gasteiger partial charge in [-0.2, -0.15) is 0 Å². The molecule has 0 radical (unpaired) electrons. The number of aryl methyl sites for hydroxylation is 4. The largest absolute Gasteiger partial charge is 0.341 e. The molecule has 0 amide bonds. The van der Waals surface area contributed by atoms with Gasteiger partial charge in [0.05, 0.1) is 91.0 Å². The summed E-state index contributed by atoms with van der Waals surface area (Å²) in [5, 5.41) is 0. The van der Waals surface area contributed by atoms with Gasteiger partial charge in [-0.1, -0.05) is 237 Å². The van der Waals surface area contributed by atoms with Gasteiger partial charge in [-0.05, 0) is 257 Å². The third-order valence-corrected chi connectivity index (χ3v) is 22.6. The highest BCUT2D eigenvalue weighted by molar-refractivity contribution is 6.02. The van der Waals surface area contributed by atoms with Crippen LogP contribution in [0.25, 0.3) is 0 Å². The molecule has 4 heterocycles. The molecule has 0 unspecified atom stereocenters. The van der Waals surface area contributed by atoms with Crippen LogP contribution in [0, 0.1) is 27.7 Å². The molecule has 0 atom stereocenters. The Morgan fingerprint density at radius 3 is 0.517 bits per heavy atom. The van der Waals surface area contributed by atoms with Gasteiger partial charge in [-0.3, -0.25) is 0 Å². The Balaban J connectivity index is 0.000000198. The lowest BCUT2D eigenvalue weighted by atomic mass is 10.0. The van der Waals surface area contributed by atoms with E-state index in [2.05, 4.69) is 479 Å². The molecule has 0 saturated heterocycles. The van der Waals surface area contributed by atoms with Crippen molar-refractivity contribution in [1.82, 2.24) is 0 Å². The summed E-state index contributed by atoms with van der Waals surface area (Å²) in [6.07, 6.45) is 0. The van der Waals surface area contributed by atoms with Gasteiger partial charge in [0.15, 0.2) is 0 Å². The number of para-hydroxylation sites is 16. The minimum Gasteiger partial charge on any atom is -0.341 e. The second-order valence-electron chi connectivity index (χ2n) is 29.9. The van der Waals surface area contributed by atoms with Gasteiger partial charge in [0.1, 0.15) is 0 Å². The molecule has 0 fully saturated rings. The van der Waals surface area contributed by atoms with Gasteiger partial charge in [-0.25, -0.2) is 0 Å². The molecule has 0 aromatic heterocycles. The first-order chi connectivity index (χ1) is 56.0. The molecule has 10 heteroatoms. The SMILES string of the molecule is C.C.C.C.C.C.Cc1ccc(N(c2ccc(C)cc2)c2ccc(N3c4ccccc4N(Cc4ccc(N5c6ccccc6N(C)c6ccccc65)cc4)c4ccccc43)cc2)cc1.Cc1ccc(N(c2ccc(C)cc2)c2ccc(N3c4ccccc4N(Cc4ccc(N5c6ccccc6N(C)c6ccccc65)cc4)c4ccccc43)cc2)cc1. The van der Waals surface area contributed by atoms with Crippen molar-refractivity contribution in [1.29, 1.82) is 0 Å². The van der Waals surface area contributed by atoms with Crippen molar-refractivity contribution in [2.24, 2.45) is 0 Å². The number of anilines is 26. The highest BCUT2D eigenvalue weighted by Crippen LogP contribution is 2.57. The Labute approximate surface area is 713 Å². The van der Waals surface area contributed by atoms with Crippen LogP contribution in [-0.2, 0) is 13.1 Å². The smallest absolute Gasteiger partial charge is 0.0699 e. The second kappa shape index (κ2) is 35.5. The fourth-order valence-electron chi connectivity index (χ4n) is 16.8. The lowest BCUT2D eigenvalue weighted by Crippen LogP contribution is -2.27.